The Labute approximate surface area is 219 Å². The van der Waals surface area contributed by atoms with E-state index in [0.29, 0.717) is 5.69 Å². The van der Waals surface area contributed by atoms with Crippen molar-refractivity contribution in [3.05, 3.63) is 90.0 Å². The first kappa shape index (κ1) is 26.8. The van der Waals surface area contributed by atoms with Crippen LogP contribution < -0.4 is 4.31 Å². The van der Waals surface area contributed by atoms with E-state index in [-0.39, 0.29) is 48.4 Å². The number of nitrogens with zero attached hydrogens (tertiary/aromatic N) is 3. The van der Waals surface area contributed by atoms with Gasteiger partial charge in [-0.25, -0.2) is 16.8 Å². The van der Waals surface area contributed by atoms with Gasteiger partial charge < -0.3 is 4.90 Å². The van der Waals surface area contributed by atoms with Crippen molar-refractivity contribution >= 4 is 31.6 Å². The van der Waals surface area contributed by atoms with E-state index in [0.717, 1.165) is 21.9 Å². The van der Waals surface area contributed by atoms with Crippen molar-refractivity contribution in [3.63, 3.8) is 0 Å². The molecule has 0 bridgehead atoms. The van der Waals surface area contributed by atoms with Crippen molar-refractivity contribution in [1.29, 1.82) is 0 Å². The molecule has 0 unspecified atom stereocenters. The summed E-state index contributed by atoms with van der Waals surface area (Å²) in [7, 11) is -7.67. The maximum Gasteiger partial charge on any atom is 0.264 e. The van der Waals surface area contributed by atoms with E-state index in [2.05, 4.69) is 0 Å². The van der Waals surface area contributed by atoms with Gasteiger partial charge >= 0.3 is 0 Å². The first-order valence-electron chi connectivity index (χ1n) is 12.1. The van der Waals surface area contributed by atoms with Crippen LogP contribution in [0.5, 0.6) is 0 Å². The highest BCUT2D eigenvalue weighted by Gasteiger charge is 2.33. The molecule has 1 aliphatic heterocycles. The van der Waals surface area contributed by atoms with E-state index in [4.69, 9.17) is 0 Å². The molecule has 1 saturated heterocycles. The van der Waals surface area contributed by atoms with Gasteiger partial charge in [0, 0.05) is 26.2 Å². The molecule has 10 heteroatoms. The first-order valence-corrected chi connectivity index (χ1v) is 15.0. The Kier molecular flexibility index (Phi) is 8.01. The number of hydrogen-bond donors (Lipinski definition) is 0. The summed E-state index contributed by atoms with van der Waals surface area (Å²) in [6.45, 7) is 4.15. The predicted molar refractivity (Wildman–Crippen MR) is 143 cm³/mol. The van der Waals surface area contributed by atoms with Crippen molar-refractivity contribution in [2.45, 2.75) is 30.1 Å². The van der Waals surface area contributed by atoms with Crippen LogP contribution in [0, 0.1) is 6.92 Å². The number of carbonyl (C=O) groups is 1. The maximum absolute atomic E-state index is 13.5. The number of sulfonamides is 2. The summed E-state index contributed by atoms with van der Waals surface area (Å²) in [6.07, 6.45) is 0.806. The average molecular weight is 542 g/mol. The molecule has 4 rings (SSSR count). The summed E-state index contributed by atoms with van der Waals surface area (Å²) in [5.41, 5.74) is 2.42. The molecule has 1 amide bonds. The lowest BCUT2D eigenvalue weighted by molar-refractivity contribution is -0.130. The molecule has 8 nitrogen and oxygen atoms in total. The fraction of sp³-hybridized carbons (Fsp3) is 0.296. The predicted octanol–water partition coefficient (Wildman–Crippen LogP) is 3.29. The van der Waals surface area contributed by atoms with Gasteiger partial charge in [-0.15, -0.1) is 0 Å². The number of aryl methyl sites for hydroxylation is 2. The third-order valence-electron chi connectivity index (χ3n) is 6.49. The molecular formula is C27H31N3O5S2. The van der Waals surface area contributed by atoms with Crippen LogP contribution in [0.1, 0.15) is 18.1 Å². The summed E-state index contributed by atoms with van der Waals surface area (Å²) in [4.78, 5) is 15.1. The summed E-state index contributed by atoms with van der Waals surface area (Å²) in [6, 6.07) is 21.8. The van der Waals surface area contributed by atoms with Crippen molar-refractivity contribution in [3.8, 4) is 0 Å². The van der Waals surface area contributed by atoms with Gasteiger partial charge in [-0.3, -0.25) is 9.10 Å². The lowest BCUT2D eigenvalue weighted by atomic mass is 10.1. The van der Waals surface area contributed by atoms with Gasteiger partial charge in [0.05, 0.1) is 15.5 Å². The zero-order chi connectivity index (χ0) is 26.6. The highest BCUT2D eigenvalue weighted by atomic mass is 32.2. The van der Waals surface area contributed by atoms with Crippen molar-refractivity contribution in [2.24, 2.45) is 0 Å². The van der Waals surface area contributed by atoms with E-state index in [1.54, 1.807) is 54.6 Å². The van der Waals surface area contributed by atoms with Gasteiger partial charge in [-0.1, -0.05) is 55.0 Å². The quantitative estimate of drug-likeness (QED) is 0.436. The fourth-order valence-electron chi connectivity index (χ4n) is 4.19. The number of anilines is 1. The molecule has 0 atom stereocenters. The lowest BCUT2D eigenvalue weighted by Gasteiger charge is -2.35. The fourth-order valence-corrected chi connectivity index (χ4v) is 7.05. The van der Waals surface area contributed by atoms with Crippen molar-refractivity contribution in [1.82, 2.24) is 9.21 Å². The van der Waals surface area contributed by atoms with Gasteiger partial charge in [-0.2, -0.15) is 4.31 Å². The minimum Gasteiger partial charge on any atom is -0.338 e. The number of amides is 1. The van der Waals surface area contributed by atoms with Gasteiger partial charge in [0.2, 0.25) is 15.9 Å². The standard InChI is InChI=1S/C27H31N3O5S2/c1-3-23-11-13-24(14-12-23)30(37(34,35)25-7-5-4-6-8-25)21-27(31)28-17-19-29(20-18-28)36(32,33)26-15-9-22(2)10-16-26/h4-16H,3,17-21H2,1-2H3. The molecule has 1 heterocycles. The van der Waals surface area contributed by atoms with Crippen LogP contribution in [0.2, 0.25) is 0 Å². The molecule has 0 saturated carbocycles. The van der Waals surface area contributed by atoms with Crippen LogP contribution in [0.25, 0.3) is 0 Å². The lowest BCUT2D eigenvalue weighted by Crippen LogP contribution is -2.53. The molecule has 0 aromatic heterocycles. The normalized spacial score (nSPS) is 14.9. The van der Waals surface area contributed by atoms with Crippen LogP contribution in [0.15, 0.2) is 88.7 Å². The summed E-state index contributed by atoms with van der Waals surface area (Å²) in [5.74, 6) is -0.383. The molecular weight excluding hydrogens is 510 g/mol. The number of benzene rings is 3. The van der Waals surface area contributed by atoms with Crippen LogP contribution in [-0.4, -0.2) is 64.7 Å². The monoisotopic (exact) mass is 541 g/mol. The van der Waals surface area contributed by atoms with Crippen LogP contribution in [0.4, 0.5) is 5.69 Å². The minimum absolute atomic E-state index is 0.0939. The molecule has 3 aromatic carbocycles. The third-order valence-corrected chi connectivity index (χ3v) is 10.2. The molecule has 3 aromatic rings. The van der Waals surface area contributed by atoms with E-state index in [1.165, 1.54) is 21.3 Å². The molecule has 0 spiro atoms. The molecule has 0 N–H and O–H groups in total. The highest BCUT2D eigenvalue weighted by molar-refractivity contribution is 7.92. The topological polar surface area (TPSA) is 95.1 Å². The van der Waals surface area contributed by atoms with Crippen molar-refractivity contribution in [2.75, 3.05) is 37.0 Å². The Bertz CT molecular complexity index is 1430. The van der Waals surface area contributed by atoms with Crippen LogP contribution >= 0.6 is 0 Å². The average Bonchev–Trinajstić information content (AvgIpc) is 2.92. The van der Waals surface area contributed by atoms with E-state index >= 15 is 0 Å². The van der Waals surface area contributed by atoms with E-state index in [9.17, 15) is 21.6 Å². The molecule has 1 aliphatic rings. The zero-order valence-corrected chi connectivity index (χ0v) is 22.6. The maximum atomic E-state index is 13.5. The van der Waals surface area contributed by atoms with Gasteiger partial charge in [0.15, 0.2) is 0 Å². The third kappa shape index (κ3) is 5.87. The molecule has 37 heavy (non-hydrogen) atoms. The van der Waals surface area contributed by atoms with E-state index < -0.39 is 20.0 Å². The molecule has 1 fully saturated rings. The second-order valence-corrected chi connectivity index (χ2v) is 12.7. The van der Waals surface area contributed by atoms with Crippen LogP contribution in [0.3, 0.4) is 0 Å². The Morgan fingerprint density at radius 3 is 1.95 bits per heavy atom. The molecule has 196 valence electrons. The Morgan fingerprint density at radius 1 is 0.784 bits per heavy atom. The zero-order valence-electron chi connectivity index (χ0n) is 20.9. The van der Waals surface area contributed by atoms with Crippen LogP contribution in [-0.2, 0) is 31.3 Å². The Morgan fingerprint density at radius 2 is 1.38 bits per heavy atom. The Balaban J connectivity index is 1.51. The SMILES string of the molecule is CCc1ccc(N(CC(=O)N2CCN(S(=O)(=O)c3ccc(C)cc3)CC2)S(=O)(=O)c2ccccc2)cc1. The number of carbonyl (C=O) groups excluding carboxylic acids is 1. The van der Waals surface area contributed by atoms with E-state index in [1.807, 2.05) is 26.0 Å². The van der Waals surface area contributed by atoms with Crippen molar-refractivity contribution < 1.29 is 21.6 Å². The summed E-state index contributed by atoms with van der Waals surface area (Å²) >= 11 is 0. The van der Waals surface area contributed by atoms with Gasteiger partial charge in [0.1, 0.15) is 6.54 Å². The minimum atomic E-state index is -4.00. The second-order valence-electron chi connectivity index (χ2n) is 8.94. The number of rotatable bonds is 8. The van der Waals surface area contributed by atoms with Gasteiger partial charge in [-0.05, 0) is 55.3 Å². The smallest absolute Gasteiger partial charge is 0.264 e. The summed E-state index contributed by atoms with van der Waals surface area (Å²) < 4.78 is 55.6. The largest absolute Gasteiger partial charge is 0.338 e. The summed E-state index contributed by atoms with van der Waals surface area (Å²) in [5, 5.41) is 0. The molecule has 0 aliphatic carbocycles. The number of hydrogen-bond acceptors (Lipinski definition) is 5. The second kappa shape index (κ2) is 11.0. The number of piperazine rings is 1. The molecule has 0 radical (unpaired) electrons. The highest BCUT2D eigenvalue weighted by Crippen LogP contribution is 2.25. The Hall–Kier alpha value is -3.21. The first-order chi connectivity index (χ1) is 17.6. The van der Waals surface area contributed by atoms with Gasteiger partial charge in [0.25, 0.3) is 10.0 Å².